The van der Waals surface area contributed by atoms with Crippen LogP contribution in [-0.4, -0.2) is 33.4 Å². The van der Waals surface area contributed by atoms with Crippen molar-refractivity contribution >= 4 is 40.7 Å². The zero-order valence-corrected chi connectivity index (χ0v) is 18.8. The molecule has 1 aliphatic heterocycles. The fourth-order valence-electron chi connectivity index (χ4n) is 3.66. The number of rotatable bonds is 4. The maximum absolute atomic E-state index is 13.4. The van der Waals surface area contributed by atoms with E-state index in [0.29, 0.717) is 44.9 Å². The summed E-state index contributed by atoms with van der Waals surface area (Å²) in [5, 5.41) is 5.12. The van der Waals surface area contributed by atoms with E-state index in [2.05, 4.69) is 5.10 Å². The number of aliphatic imine (C=N–C) groups is 1. The number of amides is 1. The lowest BCUT2D eigenvalue weighted by molar-refractivity contribution is 0.0991. The number of aromatic nitrogens is 2. The first-order chi connectivity index (χ1) is 15.3. The Kier molecular flexibility index (Phi) is 5.90. The molecule has 164 valence electrons. The largest absolute Gasteiger partial charge is 0.480 e. The van der Waals surface area contributed by atoms with Gasteiger partial charge in [0.15, 0.2) is 5.69 Å². The Morgan fingerprint density at radius 2 is 1.97 bits per heavy atom. The van der Waals surface area contributed by atoms with Crippen LogP contribution in [0.5, 0.6) is 0 Å². The first-order valence-corrected chi connectivity index (χ1v) is 10.5. The van der Waals surface area contributed by atoms with Crippen molar-refractivity contribution in [3.8, 4) is 5.69 Å². The lowest BCUT2D eigenvalue weighted by Gasteiger charge is -2.12. The van der Waals surface area contributed by atoms with Gasteiger partial charge < -0.3 is 10.5 Å². The Bertz CT molecular complexity index is 1350. The number of ether oxygens (including phenoxy) is 1. The minimum atomic E-state index is -0.809. The molecule has 32 heavy (non-hydrogen) atoms. The summed E-state index contributed by atoms with van der Waals surface area (Å²) < 4.78 is 7.67. The second-order valence-electron chi connectivity index (χ2n) is 6.95. The maximum atomic E-state index is 13.4. The number of nitrogens with zero attached hydrogens (tertiary/aromatic N) is 4. The molecule has 4 rings (SSSR count). The molecule has 0 atom stereocenters. The summed E-state index contributed by atoms with van der Waals surface area (Å²) in [7, 11) is 0. The minimum Gasteiger partial charge on any atom is -0.480 e. The highest BCUT2D eigenvalue weighted by atomic mass is 35.5. The molecule has 2 heterocycles. The number of imidazole rings is 1. The highest BCUT2D eigenvalue weighted by Crippen LogP contribution is 2.30. The fourth-order valence-corrected chi connectivity index (χ4v) is 4.06. The van der Waals surface area contributed by atoms with Crippen molar-refractivity contribution < 1.29 is 9.53 Å². The average molecular weight is 472 g/mol. The summed E-state index contributed by atoms with van der Waals surface area (Å²) in [6.45, 7) is 3.73. The average Bonchev–Trinajstić information content (AvgIpc) is 2.91. The normalized spacial score (nSPS) is 13.1. The number of primary amides is 1. The Hall–Kier alpha value is -3.36. The molecule has 0 radical (unpaired) electrons. The van der Waals surface area contributed by atoms with Crippen molar-refractivity contribution in [2.45, 2.75) is 20.4 Å². The maximum Gasteiger partial charge on any atom is 0.354 e. The molecular formula is C22H19Cl2N5O3. The van der Waals surface area contributed by atoms with E-state index in [0.717, 1.165) is 4.68 Å². The lowest BCUT2D eigenvalue weighted by atomic mass is 10.0. The van der Waals surface area contributed by atoms with Crippen LogP contribution in [0.15, 0.2) is 57.4 Å². The van der Waals surface area contributed by atoms with Crippen LogP contribution in [0, 0.1) is 0 Å². The molecule has 2 aromatic carbocycles. The number of carbonyl (C=O) groups excluding carboxylic acids is 1. The summed E-state index contributed by atoms with van der Waals surface area (Å²) in [5.74, 6) is -0.592. The number of halogens is 2. The molecule has 0 unspecified atom stereocenters. The van der Waals surface area contributed by atoms with Crippen LogP contribution in [-0.2, 0) is 11.3 Å². The number of carbonyl (C=O) groups is 1. The Morgan fingerprint density at radius 1 is 1.22 bits per heavy atom. The number of hydrogen-bond acceptors (Lipinski definition) is 5. The van der Waals surface area contributed by atoms with Gasteiger partial charge in [0, 0.05) is 28.1 Å². The van der Waals surface area contributed by atoms with Crippen LogP contribution in [0.4, 0.5) is 0 Å². The zero-order chi connectivity index (χ0) is 23.0. The van der Waals surface area contributed by atoms with E-state index in [4.69, 9.17) is 38.7 Å². The van der Waals surface area contributed by atoms with Crippen molar-refractivity contribution in [1.29, 1.82) is 0 Å². The van der Waals surface area contributed by atoms with Gasteiger partial charge in [0.25, 0.3) is 5.91 Å². The van der Waals surface area contributed by atoms with Gasteiger partial charge in [0.05, 0.1) is 30.2 Å². The van der Waals surface area contributed by atoms with Crippen molar-refractivity contribution in [3.05, 3.63) is 85.5 Å². The van der Waals surface area contributed by atoms with Gasteiger partial charge in [-0.2, -0.15) is 4.68 Å². The van der Waals surface area contributed by atoms with Crippen LogP contribution >= 0.6 is 23.2 Å². The molecule has 0 fully saturated rings. The van der Waals surface area contributed by atoms with Crippen LogP contribution in [0.25, 0.3) is 5.69 Å². The van der Waals surface area contributed by atoms with Crippen LogP contribution in [0.2, 0.25) is 10.0 Å². The van der Waals surface area contributed by atoms with E-state index in [9.17, 15) is 9.59 Å². The van der Waals surface area contributed by atoms with Gasteiger partial charge in [-0.3, -0.25) is 14.4 Å². The van der Waals surface area contributed by atoms with E-state index in [1.807, 2.05) is 18.2 Å². The Balaban J connectivity index is 2.05. The Morgan fingerprint density at radius 3 is 2.66 bits per heavy atom. The van der Waals surface area contributed by atoms with E-state index in [1.165, 1.54) is 4.57 Å². The number of benzene rings is 2. The quantitative estimate of drug-likeness (QED) is 0.463. The van der Waals surface area contributed by atoms with Crippen LogP contribution in [0.3, 0.4) is 0 Å². The van der Waals surface area contributed by atoms with Gasteiger partial charge in [0.2, 0.25) is 5.90 Å². The molecule has 0 aliphatic carbocycles. The lowest BCUT2D eigenvalue weighted by Crippen LogP contribution is -2.26. The smallest absolute Gasteiger partial charge is 0.354 e. The van der Waals surface area contributed by atoms with Crippen molar-refractivity contribution in [3.63, 3.8) is 0 Å². The summed E-state index contributed by atoms with van der Waals surface area (Å²) in [6.07, 6.45) is 0. The highest BCUT2D eigenvalue weighted by Gasteiger charge is 2.29. The van der Waals surface area contributed by atoms with Gasteiger partial charge in [-0.15, -0.1) is 5.10 Å². The minimum absolute atomic E-state index is 0.00340. The van der Waals surface area contributed by atoms with Crippen LogP contribution in [0.1, 0.15) is 41.2 Å². The van der Waals surface area contributed by atoms with Crippen molar-refractivity contribution in [2.75, 3.05) is 6.61 Å². The number of nitrogens with two attached hydrogens (primary N) is 1. The van der Waals surface area contributed by atoms with Gasteiger partial charge in [-0.25, -0.2) is 4.79 Å². The van der Waals surface area contributed by atoms with Gasteiger partial charge in [-0.1, -0.05) is 41.4 Å². The van der Waals surface area contributed by atoms with Crippen LogP contribution < -0.4 is 11.4 Å². The highest BCUT2D eigenvalue weighted by molar-refractivity contribution is 6.36. The molecule has 2 N–H and O–H groups in total. The predicted molar refractivity (Wildman–Crippen MR) is 124 cm³/mol. The molecule has 0 saturated carbocycles. The second kappa shape index (κ2) is 8.64. The van der Waals surface area contributed by atoms with E-state index in [1.54, 1.807) is 38.1 Å². The predicted octanol–water partition coefficient (Wildman–Crippen LogP) is 3.61. The molecule has 10 heteroatoms. The third kappa shape index (κ3) is 3.72. The van der Waals surface area contributed by atoms with Crippen molar-refractivity contribution in [2.24, 2.45) is 15.8 Å². The number of fused-ring (bicyclic) bond motifs is 3. The third-order valence-corrected chi connectivity index (χ3v) is 5.49. The van der Waals surface area contributed by atoms with Crippen molar-refractivity contribution in [1.82, 2.24) is 9.24 Å². The molecule has 0 bridgehead atoms. The monoisotopic (exact) mass is 471 g/mol. The molecule has 0 spiro atoms. The van der Waals surface area contributed by atoms with Gasteiger partial charge >= 0.3 is 5.69 Å². The Labute approximate surface area is 193 Å². The molecule has 1 aliphatic rings. The molecule has 8 nitrogen and oxygen atoms in total. The molecule has 3 aromatic rings. The van der Waals surface area contributed by atoms with Gasteiger partial charge in [0.1, 0.15) is 0 Å². The van der Waals surface area contributed by atoms with E-state index >= 15 is 0 Å². The number of hydrogen-bond donors (Lipinski definition) is 1. The molecular weight excluding hydrogens is 453 g/mol. The molecule has 0 saturated heterocycles. The summed E-state index contributed by atoms with van der Waals surface area (Å²) in [4.78, 5) is 30.5. The topological polar surface area (TPSA) is 104 Å². The first-order valence-electron chi connectivity index (χ1n) is 9.78. The van der Waals surface area contributed by atoms with Gasteiger partial charge in [-0.05, 0) is 31.2 Å². The van der Waals surface area contributed by atoms with E-state index in [-0.39, 0.29) is 18.1 Å². The fraction of sp³-hybridized carbons (Fsp3) is 0.182. The summed E-state index contributed by atoms with van der Waals surface area (Å²) in [5.41, 5.74) is 7.61. The third-order valence-electron chi connectivity index (χ3n) is 4.93. The standard InChI is InChI=1S/C22H19Cl2N5O3/c1-3-32-12(2)27-29-20(21(25)30)18-11-26-19(14-6-4-5-7-16(14)24)15-10-13(23)8-9-17(15)28(18)22(29)31/h4-10H,3,11H2,1-2H3,(H2,25,30)/b27-12-. The summed E-state index contributed by atoms with van der Waals surface area (Å²) in [6, 6.07) is 12.3. The second-order valence-corrected chi connectivity index (χ2v) is 7.79. The van der Waals surface area contributed by atoms with E-state index < -0.39 is 11.6 Å². The summed E-state index contributed by atoms with van der Waals surface area (Å²) >= 11 is 12.7. The first kappa shape index (κ1) is 21.9. The SMILES string of the molecule is CCO/C(C)=N\n1c(C(N)=O)c2n(c1=O)-c1ccc(Cl)cc1C(c1ccccc1Cl)=NC2. The molecule has 1 aromatic heterocycles. The zero-order valence-electron chi connectivity index (χ0n) is 17.3. The molecule has 1 amide bonds.